The number of rotatable bonds is 4. The molecule has 0 N–H and O–H groups in total. The first-order chi connectivity index (χ1) is 11.1. The Hall–Kier alpha value is -2.63. The van der Waals surface area contributed by atoms with Crippen LogP contribution in [-0.2, 0) is 4.79 Å². The quantitative estimate of drug-likeness (QED) is 0.811. The van der Waals surface area contributed by atoms with Gasteiger partial charge in [0.25, 0.3) is 0 Å². The van der Waals surface area contributed by atoms with Gasteiger partial charge in [-0.25, -0.2) is 9.97 Å². The summed E-state index contributed by atoms with van der Waals surface area (Å²) in [6.45, 7) is 5.02. The van der Waals surface area contributed by atoms with Crippen LogP contribution in [0.2, 0.25) is 0 Å². The molecule has 1 aliphatic heterocycles. The number of aromatic nitrogens is 2. The first-order valence-corrected chi connectivity index (χ1v) is 7.59. The average molecular weight is 313 g/mol. The molecule has 2 aromatic rings. The summed E-state index contributed by atoms with van der Waals surface area (Å²) in [5.41, 5.74) is 1.75. The van der Waals surface area contributed by atoms with Crippen LogP contribution in [0, 0.1) is 13.8 Å². The standard InChI is InChI=1S/C17H19N3O3/c1-12-10-13(2)19-17(18-12)23-15-7-8-20(11-15)16(21)6-5-14-4-3-9-22-14/h3-6,9-10,15H,7-8,11H2,1-2H3/b6-5+/t15-/m1/s1. The number of carbonyl (C=O) groups excluding carboxylic acids is 1. The smallest absolute Gasteiger partial charge is 0.317 e. The summed E-state index contributed by atoms with van der Waals surface area (Å²) < 4.78 is 11.0. The Kier molecular flexibility index (Phi) is 4.41. The lowest BCUT2D eigenvalue weighted by Gasteiger charge is -2.15. The summed E-state index contributed by atoms with van der Waals surface area (Å²) in [6.07, 6.45) is 5.47. The van der Waals surface area contributed by atoms with Gasteiger partial charge in [-0.1, -0.05) is 0 Å². The van der Waals surface area contributed by atoms with E-state index in [0.717, 1.165) is 17.8 Å². The number of amides is 1. The molecule has 1 fully saturated rings. The molecular weight excluding hydrogens is 294 g/mol. The minimum Gasteiger partial charge on any atom is -0.465 e. The van der Waals surface area contributed by atoms with E-state index in [1.807, 2.05) is 19.9 Å². The van der Waals surface area contributed by atoms with Crippen LogP contribution in [0.4, 0.5) is 0 Å². The third-order valence-electron chi connectivity index (χ3n) is 3.62. The van der Waals surface area contributed by atoms with Gasteiger partial charge in [0, 0.05) is 30.4 Å². The van der Waals surface area contributed by atoms with Crippen LogP contribution in [0.15, 0.2) is 35.0 Å². The molecule has 0 unspecified atom stereocenters. The SMILES string of the molecule is Cc1cc(C)nc(O[C@@H]2CCN(C(=O)/C=C/c3ccco3)C2)n1. The number of furan rings is 1. The van der Waals surface area contributed by atoms with Crippen molar-refractivity contribution in [1.82, 2.24) is 14.9 Å². The molecule has 0 aromatic carbocycles. The predicted molar refractivity (Wildman–Crippen MR) is 84.9 cm³/mol. The van der Waals surface area contributed by atoms with Crippen molar-refractivity contribution in [1.29, 1.82) is 0 Å². The third-order valence-corrected chi connectivity index (χ3v) is 3.62. The maximum Gasteiger partial charge on any atom is 0.317 e. The first kappa shape index (κ1) is 15.3. The van der Waals surface area contributed by atoms with E-state index >= 15 is 0 Å². The molecule has 1 aliphatic rings. The van der Waals surface area contributed by atoms with Crippen molar-refractivity contribution in [2.45, 2.75) is 26.4 Å². The van der Waals surface area contributed by atoms with Gasteiger partial charge < -0.3 is 14.1 Å². The van der Waals surface area contributed by atoms with E-state index in [9.17, 15) is 4.79 Å². The van der Waals surface area contributed by atoms with Crippen LogP contribution < -0.4 is 4.74 Å². The molecule has 0 bridgehead atoms. The van der Waals surface area contributed by atoms with E-state index in [1.165, 1.54) is 6.08 Å². The lowest BCUT2D eigenvalue weighted by molar-refractivity contribution is -0.125. The topological polar surface area (TPSA) is 68.5 Å². The van der Waals surface area contributed by atoms with Crippen LogP contribution in [0.1, 0.15) is 23.6 Å². The highest BCUT2D eigenvalue weighted by Crippen LogP contribution is 2.16. The Labute approximate surface area is 134 Å². The van der Waals surface area contributed by atoms with Crippen molar-refractivity contribution >= 4 is 12.0 Å². The van der Waals surface area contributed by atoms with Gasteiger partial charge in [0.05, 0.1) is 12.8 Å². The zero-order chi connectivity index (χ0) is 16.2. The number of aryl methyl sites for hydroxylation is 2. The molecule has 6 nitrogen and oxygen atoms in total. The molecule has 1 atom stereocenters. The molecule has 1 amide bonds. The van der Waals surface area contributed by atoms with Crippen molar-refractivity contribution < 1.29 is 13.9 Å². The van der Waals surface area contributed by atoms with E-state index in [-0.39, 0.29) is 12.0 Å². The van der Waals surface area contributed by atoms with Crippen molar-refractivity contribution in [3.05, 3.63) is 47.7 Å². The van der Waals surface area contributed by atoms with Crippen LogP contribution >= 0.6 is 0 Å². The zero-order valence-electron chi connectivity index (χ0n) is 13.2. The van der Waals surface area contributed by atoms with Gasteiger partial charge in [-0.3, -0.25) is 4.79 Å². The maximum atomic E-state index is 12.2. The van der Waals surface area contributed by atoms with Gasteiger partial charge in [0.15, 0.2) is 0 Å². The second-order valence-corrected chi connectivity index (χ2v) is 5.59. The fourth-order valence-corrected chi connectivity index (χ4v) is 2.56. The number of ether oxygens (including phenoxy) is 1. The second-order valence-electron chi connectivity index (χ2n) is 5.59. The Balaban J connectivity index is 1.56. The summed E-state index contributed by atoms with van der Waals surface area (Å²) in [6, 6.07) is 5.87. The summed E-state index contributed by atoms with van der Waals surface area (Å²) in [5.74, 6) is 0.614. The highest BCUT2D eigenvalue weighted by Gasteiger charge is 2.27. The fraction of sp³-hybridized carbons (Fsp3) is 0.353. The molecule has 120 valence electrons. The van der Waals surface area contributed by atoms with Crippen molar-refractivity contribution in [2.24, 2.45) is 0 Å². The summed E-state index contributed by atoms with van der Waals surface area (Å²) in [7, 11) is 0. The third kappa shape index (κ3) is 3.97. The lowest BCUT2D eigenvalue weighted by atomic mass is 10.3. The van der Waals surface area contributed by atoms with Gasteiger partial charge >= 0.3 is 6.01 Å². The minimum atomic E-state index is -0.0721. The highest BCUT2D eigenvalue weighted by molar-refractivity contribution is 5.91. The van der Waals surface area contributed by atoms with Crippen LogP contribution in [-0.4, -0.2) is 40.0 Å². The number of hydrogen-bond acceptors (Lipinski definition) is 5. The molecule has 2 aromatic heterocycles. The molecule has 0 radical (unpaired) electrons. The van der Waals surface area contributed by atoms with Gasteiger partial charge in [0.2, 0.25) is 5.91 Å². The molecular formula is C17H19N3O3. The zero-order valence-corrected chi connectivity index (χ0v) is 13.2. The lowest BCUT2D eigenvalue weighted by Crippen LogP contribution is -2.29. The van der Waals surface area contributed by atoms with Gasteiger partial charge in [0.1, 0.15) is 11.9 Å². The predicted octanol–water partition coefficient (Wildman–Crippen LogP) is 2.38. The fourth-order valence-electron chi connectivity index (χ4n) is 2.56. The molecule has 0 saturated carbocycles. The van der Waals surface area contributed by atoms with Gasteiger partial charge in [-0.05, 0) is 38.1 Å². The van der Waals surface area contributed by atoms with Crippen LogP contribution in [0.5, 0.6) is 6.01 Å². The van der Waals surface area contributed by atoms with E-state index in [0.29, 0.717) is 24.9 Å². The summed E-state index contributed by atoms with van der Waals surface area (Å²) in [4.78, 5) is 22.5. The molecule has 3 heterocycles. The molecule has 6 heteroatoms. The van der Waals surface area contributed by atoms with Crippen molar-refractivity contribution in [2.75, 3.05) is 13.1 Å². The molecule has 0 spiro atoms. The van der Waals surface area contributed by atoms with Gasteiger partial charge in [-0.2, -0.15) is 0 Å². The van der Waals surface area contributed by atoms with Crippen LogP contribution in [0.3, 0.4) is 0 Å². The van der Waals surface area contributed by atoms with Crippen LogP contribution in [0.25, 0.3) is 6.08 Å². The number of likely N-dealkylation sites (tertiary alicyclic amines) is 1. The van der Waals surface area contributed by atoms with E-state index in [1.54, 1.807) is 29.4 Å². The molecule has 0 aliphatic carbocycles. The Morgan fingerprint density at radius 3 is 2.87 bits per heavy atom. The summed E-state index contributed by atoms with van der Waals surface area (Å²) in [5, 5.41) is 0. The Morgan fingerprint density at radius 1 is 1.39 bits per heavy atom. The molecule has 23 heavy (non-hydrogen) atoms. The Morgan fingerprint density at radius 2 is 2.17 bits per heavy atom. The highest BCUT2D eigenvalue weighted by atomic mass is 16.5. The normalized spacial score (nSPS) is 17.8. The number of hydrogen-bond donors (Lipinski definition) is 0. The largest absolute Gasteiger partial charge is 0.465 e. The summed E-state index contributed by atoms with van der Waals surface area (Å²) >= 11 is 0. The first-order valence-electron chi connectivity index (χ1n) is 7.59. The van der Waals surface area contributed by atoms with E-state index in [2.05, 4.69) is 9.97 Å². The average Bonchev–Trinajstić information content (AvgIpc) is 3.15. The van der Waals surface area contributed by atoms with Crippen molar-refractivity contribution in [3.63, 3.8) is 0 Å². The molecule has 3 rings (SSSR count). The second kappa shape index (κ2) is 6.64. The monoisotopic (exact) mass is 313 g/mol. The van der Waals surface area contributed by atoms with E-state index in [4.69, 9.17) is 9.15 Å². The number of nitrogens with zero attached hydrogens (tertiary/aromatic N) is 3. The van der Waals surface area contributed by atoms with Crippen molar-refractivity contribution in [3.8, 4) is 6.01 Å². The van der Waals surface area contributed by atoms with Gasteiger partial charge in [-0.15, -0.1) is 0 Å². The van der Waals surface area contributed by atoms with E-state index < -0.39 is 0 Å². The maximum absolute atomic E-state index is 12.2. The molecule has 1 saturated heterocycles. The number of carbonyl (C=O) groups is 1. The Bertz CT molecular complexity index is 690. The minimum absolute atomic E-state index is 0.0474.